The van der Waals surface area contributed by atoms with E-state index in [-0.39, 0.29) is 24.2 Å². The van der Waals surface area contributed by atoms with Crippen LogP contribution in [0, 0.1) is 11.8 Å². The molecule has 1 aliphatic rings. The van der Waals surface area contributed by atoms with Crippen molar-refractivity contribution in [2.24, 2.45) is 33.3 Å². The van der Waals surface area contributed by atoms with Crippen molar-refractivity contribution in [3.63, 3.8) is 0 Å². The quantitative estimate of drug-likeness (QED) is 0.0738. The zero-order chi connectivity index (χ0) is 29.7. The molecule has 0 aliphatic carbocycles. The highest BCUT2D eigenvalue weighted by molar-refractivity contribution is 14.1. The zero-order valence-corrected chi connectivity index (χ0v) is 27.7. The monoisotopic (exact) mass is 679 g/mol. The molecule has 1 heterocycles. The Bertz CT molecular complexity index is 883. The van der Waals surface area contributed by atoms with E-state index in [4.69, 9.17) is 24.3 Å². The van der Waals surface area contributed by atoms with Gasteiger partial charge in [0.1, 0.15) is 23.0 Å². The zero-order valence-electron chi connectivity index (χ0n) is 24.8. The number of aliphatic imine (C=N–C) groups is 2. The molecule has 12 heteroatoms. The number of hydrogen-bond acceptors (Lipinski definition) is 9. The van der Waals surface area contributed by atoms with Gasteiger partial charge in [-0.05, 0) is 63.1 Å². The van der Waals surface area contributed by atoms with Gasteiger partial charge in [0.05, 0.1) is 25.0 Å². The third-order valence-corrected chi connectivity index (χ3v) is 8.33. The number of thioether (sulfide) groups is 1. The van der Waals surface area contributed by atoms with E-state index in [0.29, 0.717) is 45.2 Å². The van der Waals surface area contributed by atoms with Crippen molar-refractivity contribution in [3.8, 4) is 0 Å². The van der Waals surface area contributed by atoms with Gasteiger partial charge in [-0.2, -0.15) is 0 Å². The number of allylic oxidation sites excluding steroid dienone is 2. The lowest BCUT2D eigenvalue weighted by Crippen LogP contribution is -2.50. The summed E-state index contributed by atoms with van der Waals surface area (Å²) in [5.41, 5.74) is 15.0. The van der Waals surface area contributed by atoms with E-state index < -0.39 is 6.41 Å². The van der Waals surface area contributed by atoms with Crippen LogP contribution in [0.4, 0.5) is 0 Å². The van der Waals surface area contributed by atoms with Crippen molar-refractivity contribution in [1.29, 1.82) is 0 Å². The van der Waals surface area contributed by atoms with Gasteiger partial charge < -0.3 is 20.5 Å². The average molecular weight is 680 g/mol. The molecule has 0 spiro atoms. The van der Waals surface area contributed by atoms with Crippen LogP contribution in [0.2, 0.25) is 0 Å². The second kappa shape index (κ2) is 18.4. The molecule has 10 nitrogen and oxygen atoms in total. The Labute approximate surface area is 254 Å². The van der Waals surface area contributed by atoms with E-state index in [1.54, 1.807) is 34.8 Å². The Hall–Kier alpha value is -1.00. The Kier molecular flexibility index (Phi) is 17.0. The van der Waals surface area contributed by atoms with Crippen LogP contribution in [-0.4, -0.2) is 104 Å². The predicted octanol–water partition coefficient (Wildman–Crippen LogP) is 3.60. The molecule has 0 amide bonds. The predicted molar refractivity (Wildman–Crippen MR) is 174 cm³/mol. The van der Waals surface area contributed by atoms with Gasteiger partial charge in [-0.1, -0.05) is 33.9 Å². The molecule has 0 aromatic carbocycles. The minimum Gasteiger partial charge on any atom is -0.377 e. The SMILES string of the molecule is C=C(CCN(CC)C(O)OI)C(=C)C(/N=C(\N)N1CCOC[C@H]1C)=C(/C[C@H](C)[C@@H](C)/C=N\[C@H](N)N(C)C)SC. The molecule has 0 radical (unpaired) electrons. The van der Waals surface area contributed by atoms with Crippen LogP contribution in [0.15, 0.2) is 44.9 Å². The third-order valence-electron chi connectivity index (χ3n) is 7.02. The average Bonchev–Trinajstić information content (AvgIpc) is 2.92. The fraction of sp³-hybridized carbons (Fsp3) is 0.704. The van der Waals surface area contributed by atoms with Crippen LogP contribution >= 0.6 is 34.8 Å². The fourth-order valence-electron chi connectivity index (χ4n) is 3.88. The van der Waals surface area contributed by atoms with Crippen molar-refractivity contribution in [2.75, 3.05) is 53.2 Å². The van der Waals surface area contributed by atoms with Gasteiger partial charge >= 0.3 is 0 Å². The lowest BCUT2D eigenvalue weighted by molar-refractivity contribution is -0.109. The van der Waals surface area contributed by atoms with Gasteiger partial charge in [0.2, 0.25) is 6.41 Å². The van der Waals surface area contributed by atoms with Gasteiger partial charge in [-0.3, -0.25) is 23.6 Å². The summed E-state index contributed by atoms with van der Waals surface area (Å²) in [6.45, 7) is 20.2. The van der Waals surface area contributed by atoms with Crippen LogP contribution in [0.1, 0.15) is 40.5 Å². The number of aliphatic hydroxyl groups excluding tert-OH is 1. The molecular formula is C27H50IN7O3S. The van der Waals surface area contributed by atoms with Crippen molar-refractivity contribution < 1.29 is 12.9 Å². The third kappa shape index (κ3) is 11.8. The Morgan fingerprint density at radius 3 is 2.56 bits per heavy atom. The highest BCUT2D eigenvalue weighted by atomic mass is 127. The highest BCUT2D eigenvalue weighted by Gasteiger charge is 2.24. The van der Waals surface area contributed by atoms with Gasteiger partial charge in [0, 0.05) is 30.8 Å². The first-order valence-electron chi connectivity index (χ1n) is 13.4. The summed E-state index contributed by atoms with van der Waals surface area (Å²) in [4.78, 5) is 16.3. The number of nitrogens with two attached hydrogens (primary N) is 2. The first-order valence-corrected chi connectivity index (χ1v) is 15.5. The van der Waals surface area contributed by atoms with Crippen molar-refractivity contribution >= 4 is 46.9 Å². The summed E-state index contributed by atoms with van der Waals surface area (Å²) in [6.07, 6.45) is 4.01. The maximum atomic E-state index is 10.1. The maximum absolute atomic E-state index is 10.1. The summed E-state index contributed by atoms with van der Waals surface area (Å²) < 4.78 is 10.6. The smallest absolute Gasteiger partial charge is 0.226 e. The van der Waals surface area contributed by atoms with Gasteiger partial charge in [0.15, 0.2) is 12.2 Å². The number of rotatable bonds is 16. The van der Waals surface area contributed by atoms with E-state index in [1.807, 2.05) is 37.0 Å². The lowest BCUT2D eigenvalue weighted by atomic mass is 9.92. The molecule has 0 saturated carbocycles. The van der Waals surface area contributed by atoms with Crippen molar-refractivity contribution in [2.45, 2.75) is 59.3 Å². The molecule has 0 aromatic heterocycles. The highest BCUT2D eigenvalue weighted by Crippen LogP contribution is 2.34. The summed E-state index contributed by atoms with van der Waals surface area (Å²) in [6, 6.07) is 0.127. The fourth-order valence-corrected chi connectivity index (χ4v) is 4.99. The van der Waals surface area contributed by atoms with Crippen LogP contribution in [-0.2, 0) is 7.80 Å². The second-order valence-electron chi connectivity index (χ2n) is 10.2. The summed E-state index contributed by atoms with van der Waals surface area (Å²) in [5, 5.41) is 10.1. The van der Waals surface area contributed by atoms with Crippen LogP contribution < -0.4 is 11.5 Å². The molecule has 1 unspecified atom stereocenters. The number of halogens is 1. The number of aliphatic hydroxyl groups is 1. The summed E-state index contributed by atoms with van der Waals surface area (Å²) >= 11 is 3.35. The molecular weight excluding hydrogens is 629 g/mol. The van der Waals surface area contributed by atoms with E-state index in [2.05, 4.69) is 50.1 Å². The standard InChI is InChI=1S/C27H50IN7O3S/c1-10-34(27(36)38-28)12-11-18(2)22(6)24(32-26(30)35-13-14-37-17-21(35)5)23(39-9)15-19(3)20(4)16-31-25(29)33(7)8/h16,19-21,25,27,36H,2,6,10-15,17,29H2,1,3-5,7-9H3,(H2,30,32)/b24-23+,31-16-/t19-,20-,21+,25-,27?/m0/s1. The van der Waals surface area contributed by atoms with E-state index >= 15 is 0 Å². The number of nitrogens with zero attached hydrogens (tertiary/aromatic N) is 5. The van der Waals surface area contributed by atoms with Crippen molar-refractivity contribution in [3.05, 3.63) is 34.9 Å². The number of hydrogen-bond donors (Lipinski definition) is 3. The molecule has 1 fully saturated rings. The minimum atomic E-state index is -0.977. The Morgan fingerprint density at radius 1 is 1.36 bits per heavy atom. The molecule has 1 saturated heterocycles. The van der Waals surface area contributed by atoms with Gasteiger partial charge in [-0.25, -0.2) is 4.99 Å². The van der Waals surface area contributed by atoms with Crippen LogP contribution in [0.3, 0.4) is 0 Å². The van der Waals surface area contributed by atoms with Crippen LogP contribution in [0.5, 0.6) is 0 Å². The molecule has 1 rings (SSSR count). The van der Waals surface area contributed by atoms with E-state index in [1.165, 1.54) is 0 Å². The Morgan fingerprint density at radius 2 is 2.03 bits per heavy atom. The Balaban J connectivity index is 3.32. The molecule has 224 valence electrons. The molecule has 0 aromatic rings. The molecule has 39 heavy (non-hydrogen) atoms. The summed E-state index contributed by atoms with van der Waals surface area (Å²) in [7, 11) is 3.81. The van der Waals surface area contributed by atoms with Crippen molar-refractivity contribution in [1.82, 2.24) is 14.7 Å². The number of morpholine rings is 1. The maximum Gasteiger partial charge on any atom is 0.226 e. The minimum absolute atomic E-state index is 0.127. The molecule has 5 atom stereocenters. The largest absolute Gasteiger partial charge is 0.377 e. The first-order chi connectivity index (χ1) is 18.4. The van der Waals surface area contributed by atoms with E-state index in [9.17, 15) is 5.11 Å². The first kappa shape index (κ1) is 36.0. The van der Waals surface area contributed by atoms with E-state index in [0.717, 1.165) is 28.2 Å². The molecule has 5 N–H and O–H groups in total. The topological polar surface area (TPSA) is 125 Å². The molecule has 1 aliphatic heterocycles. The number of guanidine groups is 1. The molecule has 0 bridgehead atoms. The lowest BCUT2D eigenvalue weighted by Gasteiger charge is -2.34. The number of ether oxygens (including phenoxy) is 1. The summed E-state index contributed by atoms with van der Waals surface area (Å²) in [5.74, 6) is 0.917. The van der Waals surface area contributed by atoms with Crippen LogP contribution in [0.25, 0.3) is 0 Å². The van der Waals surface area contributed by atoms with Gasteiger partial charge in [-0.15, -0.1) is 11.8 Å². The van der Waals surface area contributed by atoms with Gasteiger partial charge in [0.25, 0.3) is 0 Å². The second-order valence-corrected chi connectivity index (χ2v) is 11.6. The normalized spacial score (nSPS) is 20.8.